The van der Waals surface area contributed by atoms with Crippen LogP contribution in [-0.2, 0) is 57.6 Å². The van der Waals surface area contributed by atoms with Crippen LogP contribution in [0.25, 0.3) is 22.3 Å². The molecule has 0 amide bonds. The van der Waals surface area contributed by atoms with E-state index in [0.29, 0.717) is 56.3 Å². The van der Waals surface area contributed by atoms with E-state index in [2.05, 4.69) is 113 Å². The summed E-state index contributed by atoms with van der Waals surface area (Å²) in [6.07, 6.45) is 18.0. The molecule has 2 aromatic heterocycles. The van der Waals surface area contributed by atoms with Gasteiger partial charge in [-0.25, -0.2) is 0 Å². The summed E-state index contributed by atoms with van der Waals surface area (Å²) in [6, 6.07) is 57.9. The molecule has 2 fully saturated rings. The molecule has 547 valence electrons. The molecule has 12 heteroatoms. The molecule has 0 bridgehead atoms. The Kier molecular flexibility index (Phi) is 64.7. The van der Waals surface area contributed by atoms with Gasteiger partial charge >= 0.3 is 29.6 Å². The molecule has 0 aliphatic carbocycles. The van der Waals surface area contributed by atoms with Crippen LogP contribution in [0.5, 0.6) is 11.5 Å². The van der Waals surface area contributed by atoms with E-state index in [0.717, 1.165) is 117 Å². The van der Waals surface area contributed by atoms with E-state index in [1.165, 1.54) is 52.6 Å². The van der Waals surface area contributed by atoms with Crippen molar-refractivity contribution in [3.63, 3.8) is 0 Å². The summed E-state index contributed by atoms with van der Waals surface area (Å²) in [5.41, 5.74) is 13.3. The van der Waals surface area contributed by atoms with Crippen LogP contribution in [0.1, 0.15) is 226 Å². The minimum absolute atomic E-state index is 0. The van der Waals surface area contributed by atoms with E-state index < -0.39 is 0 Å². The molecule has 3 radical (unpaired) electrons. The van der Waals surface area contributed by atoms with Crippen molar-refractivity contribution in [1.29, 1.82) is 0 Å². The summed E-state index contributed by atoms with van der Waals surface area (Å²) in [7, 11) is 0. The number of pyridine rings is 2. The Morgan fingerprint density at radius 2 is 0.792 bits per heavy atom. The van der Waals surface area contributed by atoms with Gasteiger partial charge in [-0.15, -0.1) is 0 Å². The minimum atomic E-state index is 0. The summed E-state index contributed by atoms with van der Waals surface area (Å²) < 4.78 is 23.1. The van der Waals surface area contributed by atoms with Crippen LogP contribution in [0.2, 0.25) is 0 Å². The number of hydrogen-bond donors (Lipinski definition) is 0. The molecule has 8 aromatic rings. The van der Waals surface area contributed by atoms with Crippen molar-refractivity contribution in [1.82, 2.24) is 14.9 Å². The molecule has 101 heavy (non-hydrogen) atoms. The summed E-state index contributed by atoms with van der Waals surface area (Å²) in [4.78, 5) is 47.1. The van der Waals surface area contributed by atoms with Crippen LogP contribution in [0.3, 0.4) is 0 Å². The molecular weight excluding hydrogens is 1260 g/mol. The molecule has 10 rings (SSSR count). The molecule has 0 saturated carbocycles. The predicted octanol–water partition coefficient (Wildman–Crippen LogP) is 19.7. The molecule has 2 saturated heterocycles. The first kappa shape index (κ1) is 98.4. The Hall–Kier alpha value is -6.83. The molecule has 10 nitrogen and oxygen atoms in total. The number of carbonyl (C=O) groups excluding carboxylic acids is 3. The van der Waals surface area contributed by atoms with E-state index in [1.807, 2.05) is 202 Å². The van der Waals surface area contributed by atoms with Crippen molar-refractivity contribution in [3.8, 4) is 33.8 Å². The summed E-state index contributed by atoms with van der Waals surface area (Å²) in [6.45, 7) is 42.6. The maximum absolute atomic E-state index is 12.3. The average molecular weight is 1390 g/mol. The SMILES string of the molecule is C1CCOCC1.CC.CC.CC.CC.CC.CC.CC.CC.CC(=O)c1cccc(-c2ccccc2OCCc2ccc(CCC(=O)CCc3cccnc3)cc2)c1.CC(c1cccc(-c2ccccc2OCCc2ccc(CCC(=O)CCc3cccnc3)cc2)c1)N1CCOCC1.[B].[H-].[Na+]. The van der Waals surface area contributed by atoms with E-state index in [1.54, 1.807) is 19.3 Å². The van der Waals surface area contributed by atoms with Gasteiger partial charge in [0.05, 0.1) is 26.4 Å². The van der Waals surface area contributed by atoms with Crippen molar-refractivity contribution >= 4 is 25.8 Å². The third-order valence-corrected chi connectivity index (χ3v) is 15.3. The van der Waals surface area contributed by atoms with Gasteiger partial charge in [0.25, 0.3) is 0 Å². The second kappa shape index (κ2) is 66.4. The second-order valence-electron chi connectivity index (χ2n) is 21.4. The number of carbonyl (C=O) groups is 3. The first-order valence-electron chi connectivity index (χ1n) is 37.8. The topological polar surface area (TPSA) is 117 Å². The van der Waals surface area contributed by atoms with Crippen molar-refractivity contribution in [2.24, 2.45) is 0 Å². The van der Waals surface area contributed by atoms with Crippen LogP contribution >= 0.6 is 0 Å². The van der Waals surface area contributed by atoms with E-state index in [-0.39, 0.29) is 51.0 Å². The number of aryl methyl sites for hydroxylation is 4. The number of aromatic nitrogens is 2. The van der Waals surface area contributed by atoms with Crippen molar-refractivity contribution in [2.45, 2.75) is 214 Å². The van der Waals surface area contributed by atoms with Gasteiger partial charge < -0.3 is 20.4 Å². The number of Topliss-reactive ketones (excluding diaryl/α,β-unsaturated/α-hetero) is 3. The zero-order valence-electron chi connectivity index (χ0n) is 67.2. The number of ether oxygens (including phenoxy) is 4. The minimum Gasteiger partial charge on any atom is -1.00 e. The fourth-order valence-electron chi connectivity index (χ4n) is 10.2. The van der Waals surface area contributed by atoms with Crippen molar-refractivity contribution in [2.75, 3.05) is 52.7 Å². The van der Waals surface area contributed by atoms with Gasteiger partial charge in [-0.1, -0.05) is 244 Å². The quantitative estimate of drug-likeness (QED) is 0.0404. The van der Waals surface area contributed by atoms with E-state index in [4.69, 9.17) is 18.9 Å². The number of ketones is 3. The van der Waals surface area contributed by atoms with Crippen LogP contribution in [-0.4, -0.2) is 93.4 Å². The van der Waals surface area contributed by atoms with E-state index >= 15 is 0 Å². The Balaban J connectivity index is -0.000000721. The van der Waals surface area contributed by atoms with Gasteiger partial charge in [-0.3, -0.25) is 29.3 Å². The molecular formula is C89H130BN3NaO7. The Morgan fingerprint density at radius 1 is 0.426 bits per heavy atom. The fraction of sp³-hybridized carbons (Fsp3) is 0.449. The normalized spacial score (nSPS) is 11.6. The molecule has 1 atom stereocenters. The maximum Gasteiger partial charge on any atom is 1.00 e. The number of morpholine rings is 1. The second-order valence-corrected chi connectivity index (χ2v) is 21.4. The molecule has 4 heterocycles. The summed E-state index contributed by atoms with van der Waals surface area (Å²) >= 11 is 0. The Labute approximate surface area is 640 Å². The Bertz CT molecular complexity index is 3230. The maximum atomic E-state index is 12.3. The number of hydrogen-bond acceptors (Lipinski definition) is 10. The average Bonchev–Trinajstić information content (AvgIpc) is 0.830. The van der Waals surface area contributed by atoms with Gasteiger partial charge in [0.15, 0.2) is 5.78 Å². The number of benzene rings is 6. The molecule has 0 spiro atoms. The van der Waals surface area contributed by atoms with Crippen molar-refractivity contribution < 1.29 is 64.3 Å². The van der Waals surface area contributed by atoms with Gasteiger partial charge in [-0.05, 0) is 145 Å². The smallest absolute Gasteiger partial charge is 1.00 e. The zero-order valence-corrected chi connectivity index (χ0v) is 68.2. The zero-order chi connectivity index (χ0) is 73.7. The summed E-state index contributed by atoms with van der Waals surface area (Å²) in [5, 5.41) is 0. The largest absolute Gasteiger partial charge is 1.00 e. The van der Waals surface area contributed by atoms with Crippen LogP contribution in [0, 0.1) is 0 Å². The first-order valence-corrected chi connectivity index (χ1v) is 37.8. The standard InChI is InChI=1S/C36H40N2O3.C32H31NO3.C5H10O.8C2H6.B.Na.H/c1-28(38-21-24-40-25-22-38)32-7-4-8-33(26-32)35-9-2-3-10-36(35)41-23-19-30-13-11-29(12-14-30)15-17-34(39)18-16-31-6-5-20-37-27-31;1-24(34)28-7-4-8-29(22-28)31-9-2-3-10-32(31)36-21-19-26-13-11-25(12-14-26)15-17-30(35)18-16-27-6-5-20-33-23-27;1-2-4-6-5-3-1;8*1-2;;;/h2-14,20,26-28H,15-19,21-25H2,1H3;2-14,20,22-23H,15-19,21H2,1H3;1-5H2;8*1-2H3;;;/q;;;;;;;;;;;;+1;-1. The molecule has 2 aliphatic rings. The van der Waals surface area contributed by atoms with Crippen LogP contribution in [0.15, 0.2) is 195 Å². The predicted molar refractivity (Wildman–Crippen MR) is 430 cm³/mol. The number of rotatable bonds is 25. The monoisotopic (exact) mass is 1390 g/mol. The Morgan fingerprint density at radius 3 is 1.16 bits per heavy atom. The molecule has 6 aromatic carbocycles. The third kappa shape index (κ3) is 41.2. The fourth-order valence-corrected chi connectivity index (χ4v) is 10.2. The summed E-state index contributed by atoms with van der Waals surface area (Å²) in [5.74, 6) is 2.34. The number of para-hydroxylation sites is 2. The van der Waals surface area contributed by atoms with Crippen LogP contribution < -0.4 is 39.0 Å². The molecule has 1 unspecified atom stereocenters. The third-order valence-electron chi connectivity index (χ3n) is 15.3. The molecule has 0 N–H and O–H groups in total. The van der Waals surface area contributed by atoms with Gasteiger partial charge in [0, 0.05) is 121 Å². The first-order chi connectivity index (χ1) is 48.7. The van der Waals surface area contributed by atoms with Crippen molar-refractivity contribution in [3.05, 3.63) is 239 Å². The molecule has 2 aliphatic heterocycles. The van der Waals surface area contributed by atoms with Gasteiger partial charge in [0.2, 0.25) is 0 Å². The number of nitrogens with zero attached hydrogens (tertiary/aromatic N) is 3. The van der Waals surface area contributed by atoms with Gasteiger partial charge in [-0.2, -0.15) is 0 Å². The van der Waals surface area contributed by atoms with Crippen LogP contribution in [0.4, 0.5) is 0 Å². The van der Waals surface area contributed by atoms with Gasteiger partial charge in [0.1, 0.15) is 23.1 Å². The van der Waals surface area contributed by atoms with E-state index in [9.17, 15) is 14.4 Å².